The summed E-state index contributed by atoms with van der Waals surface area (Å²) in [5.41, 5.74) is 0.560. The van der Waals surface area contributed by atoms with E-state index in [0.29, 0.717) is 5.41 Å². The molecule has 112 valence electrons. The van der Waals surface area contributed by atoms with Gasteiger partial charge in [0.25, 0.3) is 0 Å². The van der Waals surface area contributed by atoms with Crippen molar-refractivity contribution in [1.82, 2.24) is 9.97 Å². The fraction of sp³-hybridized carbons (Fsp3) is 0.625. The first-order valence-corrected chi connectivity index (χ1v) is 6.91. The molecular formula is C16H26N2O2. The summed E-state index contributed by atoms with van der Waals surface area (Å²) in [6.07, 6.45) is 8.39. The van der Waals surface area contributed by atoms with Crippen LogP contribution < -0.4 is 0 Å². The van der Waals surface area contributed by atoms with E-state index in [-0.39, 0.29) is 5.41 Å². The third-order valence-electron chi connectivity index (χ3n) is 2.35. The molecule has 0 saturated heterocycles. The minimum atomic E-state index is 0.269. The monoisotopic (exact) mass is 278 g/mol. The van der Waals surface area contributed by atoms with Crippen LogP contribution in [0.4, 0.5) is 0 Å². The molecule has 0 unspecified atom stereocenters. The molecule has 0 aliphatic carbocycles. The van der Waals surface area contributed by atoms with Crippen molar-refractivity contribution in [2.75, 3.05) is 0 Å². The molecule has 2 heterocycles. The second-order valence-corrected chi connectivity index (χ2v) is 7.37. The van der Waals surface area contributed by atoms with Crippen LogP contribution >= 0.6 is 0 Å². The maximum Gasteiger partial charge on any atom is 0.194 e. The number of rotatable bonds is 2. The van der Waals surface area contributed by atoms with E-state index in [4.69, 9.17) is 8.83 Å². The van der Waals surface area contributed by atoms with Gasteiger partial charge in [-0.15, -0.1) is 0 Å². The van der Waals surface area contributed by atoms with Gasteiger partial charge in [0.1, 0.15) is 12.0 Å². The standard InChI is InChI=1S/2C8H13NO/c1-8(2,3)4-7-5-9-6-10-7;1-8(2,3)6-7-9-4-5-10-7/h5-6H,4H2,1-3H3;4-5H,6H2,1-3H3. The van der Waals surface area contributed by atoms with E-state index >= 15 is 0 Å². The van der Waals surface area contributed by atoms with E-state index < -0.39 is 0 Å². The summed E-state index contributed by atoms with van der Waals surface area (Å²) >= 11 is 0. The lowest BCUT2D eigenvalue weighted by Crippen LogP contribution is -2.08. The molecule has 20 heavy (non-hydrogen) atoms. The first-order chi connectivity index (χ1) is 9.16. The minimum absolute atomic E-state index is 0.269. The molecule has 0 N–H and O–H groups in total. The van der Waals surface area contributed by atoms with Crippen LogP contribution in [0.3, 0.4) is 0 Å². The van der Waals surface area contributed by atoms with Gasteiger partial charge in [0.05, 0.1) is 12.4 Å². The fourth-order valence-corrected chi connectivity index (χ4v) is 1.65. The van der Waals surface area contributed by atoms with Crippen molar-refractivity contribution >= 4 is 0 Å². The summed E-state index contributed by atoms with van der Waals surface area (Å²) in [6, 6.07) is 0. The van der Waals surface area contributed by atoms with E-state index in [1.165, 1.54) is 6.39 Å². The summed E-state index contributed by atoms with van der Waals surface area (Å²) < 4.78 is 10.2. The smallest absolute Gasteiger partial charge is 0.194 e. The lowest BCUT2D eigenvalue weighted by molar-refractivity contribution is 0.354. The van der Waals surface area contributed by atoms with Gasteiger partial charge in [-0.25, -0.2) is 9.97 Å². The van der Waals surface area contributed by atoms with Crippen molar-refractivity contribution in [2.45, 2.75) is 54.4 Å². The van der Waals surface area contributed by atoms with Crippen molar-refractivity contribution in [3.05, 3.63) is 36.7 Å². The topological polar surface area (TPSA) is 52.1 Å². The Morgan fingerprint density at radius 3 is 2.00 bits per heavy atom. The Kier molecular flexibility index (Phi) is 5.54. The van der Waals surface area contributed by atoms with E-state index in [2.05, 4.69) is 51.5 Å². The number of oxazole rings is 2. The number of aromatic nitrogens is 2. The number of hydrogen-bond donors (Lipinski definition) is 0. The SMILES string of the molecule is CC(C)(C)Cc1cnco1.CC(C)(C)Cc1ncco1. The molecule has 0 bridgehead atoms. The van der Waals surface area contributed by atoms with Crippen molar-refractivity contribution < 1.29 is 8.83 Å². The molecule has 0 saturated carbocycles. The van der Waals surface area contributed by atoms with Crippen LogP contribution in [-0.2, 0) is 12.8 Å². The van der Waals surface area contributed by atoms with Crippen molar-refractivity contribution in [3.8, 4) is 0 Å². The first-order valence-electron chi connectivity index (χ1n) is 6.91. The average Bonchev–Trinajstić information content (AvgIpc) is 2.87. The predicted octanol–water partition coefficient (Wildman–Crippen LogP) is 4.53. The summed E-state index contributed by atoms with van der Waals surface area (Å²) in [5, 5.41) is 0. The third kappa shape index (κ3) is 7.77. The van der Waals surface area contributed by atoms with Crippen LogP contribution in [0.15, 0.2) is 33.9 Å². The Balaban J connectivity index is 0.000000200. The normalized spacial score (nSPS) is 11.9. The number of nitrogens with zero attached hydrogens (tertiary/aromatic N) is 2. The highest BCUT2D eigenvalue weighted by molar-refractivity contribution is 4.92. The predicted molar refractivity (Wildman–Crippen MR) is 79.3 cm³/mol. The molecule has 2 aromatic heterocycles. The van der Waals surface area contributed by atoms with Crippen molar-refractivity contribution in [3.63, 3.8) is 0 Å². The molecule has 4 heteroatoms. The van der Waals surface area contributed by atoms with Crippen molar-refractivity contribution in [1.29, 1.82) is 0 Å². The molecule has 0 spiro atoms. The highest BCUT2D eigenvalue weighted by atomic mass is 16.3. The van der Waals surface area contributed by atoms with Crippen LogP contribution in [0.1, 0.15) is 53.2 Å². The van der Waals surface area contributed by atoms with Gasteiger partial charge < -0.3 is 8.83 Å². The molecular weight excluding hydrogens is 252 g/mol. The zero-order chi connectivity index (χ0) is 15.2. The Morgan fingerprint density at radius 1 is 0.950 bits per heavy atom. The van der Waals surface area contributed by atoms with Crippen LogP contribution in [0.25, 0.3) is 0 Å². The Hall–Kier alpha value is -1.58. The quantitative estimate of drug-likeness (QED) is 0.810. The first kappa shape index (κ1) is 16.5. The molecule has 0 aromatic carbocycles. The van der Waals surface area contributed by atoms with E-state index in [1.807, 2.05) is 0 Å². The van der Waals surface area contributed by atoms with Gasteiger partial charge in [-0.05, 0) is 10.8 Å². The van der Waals surface area contributed by atoms with Gasteiger partial charge in [-0.1, -0.05) is 41.5 Å². The Bertz CT molecular complexity index is 413. The summed E-state index contributed by atoms with van der Waals surface area (Å²) in [7, 11) is 0. The second kappa shape index (κ2) is 6.73. The molecule has 0 aliphatic rings. The maximum absolute atomic E-state index is 5.10. The van der Waals surface area contributed by atoms with E-state index in [9.17, 15) is 0 Å². The third-order valence-corrected chi connectivity index (χ3v) is 2.35. The zero-order valence-electron chi connectivity index (χ0n) is 13.4. The molecule has 2 rings (SSSR count). The van der Waals surface area contributed by atoms with Gasteiger partial charge in [0.15, 0.2) is 12.3 Å². The summed E-state index contributed by atoms with van der Waals surface area (Å²) in [5.74, 6) is 1.79. The highest BCUT2D eigenvalue weighted by Crippen LogP contribution is 2.19. The zero-order valence-corrected chi connectivity index (χ0v) is 13.4. The minimum Gasteiger partial charge on any atom is -0.449 e. The van der Waals surface area contributed by atoms with E-state index in [1.54, 1.807) is 18.7 Å². The lowest BCUT2D eigenvalue weighted by atomic mass is 9.91. The Morgan fingerprint density at radius 2 is 1.60 bits per heavy atom. The molecule has 4 nitrogen and oxygen atoms in total. The van der Waals surface area contributed by atoms with Crippen LogP contribution in [0, 0.1) is 10.8 Å². The van der Waals surface area contributed by atoms with Crippen LogP contribution in [-0.4, -0.2) is 9.97 Å². The van der Waals surface area contributed by atoms with Gasteiger partial charge in [-0.3, -0.25) is 0 Å². The second-order valence-electron chi connectivity index (χ2n) is 7.37. The number of hydrogen-bond acceptors (Lipinski definition) is 4. The molecule has 2 aromatic rings. The maximum atomic E-state index is 5.10. The van der Waals surface area contributed by atoms with Gasteiger partial charge in [0, 0.05) is 12.8 Å². The lowest BCUT2D eigenvalue weighted by Gasteiger charge is -2.14. The molecule has 0 aliphatic heterocycles. The van der Waals surface area contributed by atoms with Crippen LogP contribution in [0.2, 0.25) is 0 Å². The fourth-order valence-electron chi connectivity index (χ4n) is 1.65. The summed E-state index contributed by atoms with van der Waals surface area (Å²) in [4.78, 5) is 7.87. The van der Waals surface area contributed by atoms with Gasteiger partial charge >= 0.3 is 0 Å². The highest BCUT2D eigenvalue weighted by Gasteiger charge is 2.13. The van der Waals surface area contributed by atoms with Gasteiger partial charge in [0.2, 0.25) is 0 Å². The Labute approximate surface area is 121 Å². The summed E-state index contributed by atoms with van der Waals surface area (Å²) in [6.45, 7) is 13.0. The molecule has 0 fully saturated rings. The largest absolute Gasteiger partial charge is 0.449 e. The molecule has 0 atom stereocenters. The average molecular weight is 278 g/mol. The molecule has 0 radical (unpaired) electrons. The van der Waals surface area contributed by atoms with Crippen LogP contribution in [0.5, 0.6) is 0 Å². The molecule has 0 amide bonds. The van der Waals surface area contributed by atoms with E-state index in [0.717, 1.165) is 24.5 Å². The van der Waals surface area contributed by atoms with Crippen molar-refractivity contribution in [2.24, 2.45) is 10.8 Å². The van der Waals surface area contributed by atoms with Gasteiger partial charge in [-0.2, -0.15) is 0 Å².